The first-order valence-corrected chi connectivity index (χ1v) is 11.3. The fourth-order valence-electron chi connectivity index (χ4n) is 4.47. The molecule has 0 fully saturated rings. The topological polar surface area (TPSA) is 71.2 Å². The first-order valence-electron chi connectivity index (χ1n) is 11.0. The highest BCUT2D eigenvalue weighted by atomic mass is 35.5. The highest BCUT2D eigenvalue weighted by Gasteiger charge is 2.22. The molecular formula is C26H24ClFN4O. The van der Waals surface area contributed by atoms with E-state index in [4.69, 9.17) is 17.3 Å². The fourth-order valence-corrected chi connectivity index (χ4v) is 4.72. The van der Waals surface area contributed by atoms with Gasteiger partial charge in [-0.05, 0) is 60.4 Å². The Balaban J connectivity index is 1.53. The van der Waals surface area contributed by atoms with Gasteiger partial charge in [-0.3, -0.25) is 4.79 Å². The Kier molecular flexibility index (Phi) is 5.64. The van der Waals surface area contributed by atoms with E-state index < -0.39 is 5.82 Å². The Bertz CT molecular complexity index is 1290. The molecule has 0 saturated heterocycles. The summed E-state index contributed by atoms with van der Waals surface area (Å²) >= 11 is 6.45. The maximum atomic E-state index is 15.0. The van der Waals surface area contributed by atoms with E-state index in [1.807, 2.05) is 12.1 Å². The predicted octanol–water partition coefficient (Wildman–Crippen LogP) is 4.80. The van der Waals surface area contributed by atoms with Crippen LogP contribution in [0.25, 0.3) is 27.8 Å². The number of halogens is 2. The summed E-state index contributed by atoms with van der Waals surface area (Å²) in [4.78, 5) is 18.6. The molecule has 5 rings (SSSR count). The summed E-state index contributed by atoms with van der Waals surface area (Å²) in [7, 11) is 2.12. The van der Waals surface area contributed by atoms with Crippen molar-refractivity contribution in [1.82, 2.24) is 15.2 Å². The van der Waals surface area contributed by atoms with Crippen LogP contribution in [0, 0.1) is 5.82 Å². The van der Waals surface area contributed by atoms with Gasteiger partial charge in [0.05, 0.1) is 0 Å². The SMILES string of the molecule is CN1CC=C(c2ccc(-c3cc(-c4cc5c(cc4F)C(=O)NCC5)c(N)nc3Cl)cc2)CC1. The van der Waals surface area contributed by atoms with E-state index in [-0.39, 0.29) is 16.9 Å². The minimum absolute atomic E-state index is 0.149. The van der Waals surface area contributed by atoms with Crippen LogP contribution in [0.1, 0.15) is 27.9 Å². The molecular weight excluding hydrogens is 439 g/mol. The van der Waals surface area contributed by atoms with Crippen LogP contribution in [0.3, 0.4) is 0 Å². The lowest BCUT2D eigenvalue weighted by Gasteiger charge is -2.22. The molecule has 3 heterocycles. The van der Waals surface area contributed by atoms with Gasteiger partial charge >= 0.3 is 0 Å². The zero-order valence-corrected chi connectivity index (χ0v) is 19.0. The van der Waals surface area contributed by atoms with Crippen LogP contribution in [-0.2, 0) is 6.42 Å². The van der Waals surface area contributed by atoms with E-state index in [2.05, 4.69) is 40.5 Å². The number of pyridine rings is 1. The number of hydrogen-bond acceptors (Lipinski definition) is 4. The van der Waals surface area contributed by atoms with E-state index in [0.29, 0.717) is 35.2 Å². The van der Waals surface area contributed by atoms with Crippen LogP contribution < -0.4 is 11.1 Å². The van der Waals surface area contributed by atoms with Crippen LogP contribution in [0.2, 0.25) is 5.15 Å². The zero-order valence-electron chi connectivity index (χ0n) is 18.3. The van der Waals surface area contributed by atoms with Gasteiger partial charge < -0.3 is 16.0 Å². The predicted molar refractivity (Wildman–Crippen MR) is 131 cm³/mol. The van der Waals surface area contributed by atoms with Gasteiger partial charge in [-0.15, -0.1) is 0 Å². The summed E-state index contributed by atoms with van der Waals surface area (Å²) < 4.78 is 15.0. The number of amides is 1. The van der Waals surface area contributed by atoms with Crippen molar-refractivity contribution in [1.29, 1.82) is 0 Å². The Hall–Kier alpha value is -3.22. The first-order chi connectivity index (χ1) is 15.9. The summed E-state index contributed by atoms with van der Waals surface area (Å²) in [5.41, 5.74) is 12.2. The van der Waals surface area contributed by atoms with E-state index in [1.54, 1.807) is 12.1 Å². The molecule has 33 heavy (non-hydrogen) atoms. The van der Waals surface area contributed by atoms with Crippen LogP contribution in [0.4, 0.5) is 10.2 Å². The molecule has 2 aromatic carbocycles. The lowest BCUT2D eigenvalue weighted by molar-refractivity contribution is 0.0945. The smallest absolute Gasteiger partial charge is 0.251 e. The van der Waals surface area contributed by atoms with Crippen LogP contribution >= 0.6 is 11.6 Å². The van der Waals surface area contributed by atoms with Crippen LogP contribution in [-0.4, -0.2) is 42.5 Å². The molecule has 0 atom stereocenters. The van der Waals surface area contributed by atoms with Crippen molar-refractivity contribution in [3.8, 4) is 22.3 Å². The molecule has 2 aliphatic rings. The summed E-state index contributed by atoms with van der Waals surface area (Å²) in [5, 5.41) is 3.00. The molecule has 0 unspecified atom stereocenters. The number of nitrogens with zero attached hydrogens (tertiary/aromatic N) is 2. The number of aromatic nitrogens is 1. The van der Waals surface area contributed by atoms with Crippen molar-refractivity contribution in [2.45, 2.75) is 12.8 Å². The van der Waals surface area contributed by atoms with Gasteiger partial charge in [-0.1, -0.05) is 41.9 Å². The molecule has 168 valence electrons. The van der Waals surface area contributed by atoms with Gasteiger partial charge in [-0.2, -0.15) is 0 Å². The van der Waals surface area contributed by atoms with Crippen LogP contribution in [0.15, 0.2) is 48.5 Å². The van der Waals surface area contributed by atoms with Crippen molar-refractivity contribution < 1.29 is 9.18 Å². The average molecular weight is 463 g/mol. The normalized spacial score (nSPS) is 16.2. The Morgan fingerprint density at radius 1 is 1.03 bits per heavy atom. The molecule has 1 amide bonds. The number of hydrogen-bond donors (Lipinski definition) is 2. The van der Waals surface area contributed by atoms with E-state index in [1.165, 1.54) is 17.2 Å². The van der Waals surface area contributed by atoms with Gasteiger partial charge in [0.1, 0.15) is 16.8 Å². The average Bonchev–Trinajstić information content (AvgIpc) is 2.80. The number of likely N-dealkylation sites (N-methyl/N-ethyl adjacent to an activating group) is 1. The fraction of sp³-hybridized carbons (Fsp3) is 0.231. The molecule has 0 aliphatic carbocycles. The third-order valence-electron chi connectivity index (χ3n) is 6.39. The summed E-state index contributed by atoms with van der Waals surface area (Å²) in [6, 6.07) is 12.9. The maximum Gasteiger partial charge on any atom is 0.251 e. The highest BCUT2D eigenvalue weighted by molar-refractivity contribution is 6.32. The molecule has 3 aromatic rings. The van der Waals surface area contributed by atoms with Crippen molar-refractivity contribution in [3.63, 3.8) is 0 Å². The summed E-state index contributed by atoms with van der Waals surface area (Å²) in [6.45, 7) is 2.51. The first kappa shape index (κ1) is 21.6. The molecule has 0 saturated carbocycles. The number of nitrogens with two attached hydrogens (primary N) is 1. The molecule has 3 N–H and O–H groups in total. The van der Waals surface area contributed by atoms with Crippen LogP contribution in [0.5, 0.6) is 0 Å². The molecule has 2 aliphatic heterocycles. The van der Waals surface area contributed by atoms with Gasteiger partial charge in [0.2, 0.25) is 0 Å². The third kappa shape index (κ3) is 4.12. The van der Waals surface area contributed by atoms with Gasteiger partial charge in [-0.25, -0.2) is 9.37 Å². The Morgan fingerprint density at radius 3 is 2.52 bits per heavy atom. The monoisotopic (exact) mass is 462 g/mol. The number of nitrogen functional groups attached to an aromatic ring is 1. The number of rotatable bonds is 3. The largest absolute Gasteiger partial charge is 0.383 e. The zero-order chi connectivity index (χ0) is 23.1. The van der Waals surface area contributed by atoms with E-state index >= 15 is 4.39 Å². The minimum atomic E-state index is -0.517. The summed E-state index contributed by atoms with van der Waals surface area (Å²) in [5.74, 6) is -0.627. The minimum Gasteiger partial charge on any atom is -0.383 e. The Morgan fingerprint density at radius 2 is 1.79 bits per heavy atom. The van der Waals surface area contributed by atoms with Gasteiger partial charge in [0, 0.05) is 41.9 Å². The molecule has 0 bridgehead atoms. The summed E-state index contributed by atoms with van der Waals surface area (Å²) in [6.07, 6.45) is 3.91. The lowest BCUT2D eigenvalue weighted by Crippen LogP contribution is -2.32. The number of carbonyl (C=O) groups excluding carboxylic acids is 1. The standard InChI is InChI=1S/C26H24ClFN4O/c1-32-10-7-16(8-11-32)15-2-4-17(5-3-15)19-13-22(25(29)31-24(19)27)21-12-18-6-9-30-26(33)20(18)14-23(21)28/h2-5,7,12-14H,6,8-11H2,1H3,(H2,29,31)(H,30,33). The quantitative estimate of drug-likeness (QED) is 0.549. The third-order valence-corrected chi connectivity index (χ3v) is 6.68. The number of fused-ring (bicyclic) bond motifs is 1. The van der Waals surface area contributed by atoms with Crippen molar-refractivity contribution in [2.24, 2.45) is 0 Å². The molecule has 7 heteroatoms. The van der Waals surface area contributed by atoms with Gasteiger partial charge in [0.25, 0.3) is 5.91 Å². The van der Waals surface area contributed by atoms with E-state index in [0.717, 1.165) is 30.6 Å². The number of nitrogens with one attached hydrogen (secondary N) is 1. The molecule has 0 radical (unpaired) electrons. The molecule has 1 aromatic heterocycles. The highest BCUT2D eigenvalue weighted by Crippen LogP contribution is 2.37. The number of benzene rings is 2. The van der Waals surface area contributed by atoms with Crippen molar-refractivity contribution in [2.75, 3.05) is 32.4 Å². The molecule has 0 spiro atoms. The van der Waals surface area contributed by atoms with Crippen molar-refractivity contribution in [3.05, 3.63) is 76.2 Å². The lowest BCUT2D eigenvalue weighted by atomic mass is 9.93. The Labute approximate surface area is 197 Å². The second kappa shape index (κ2) is 8.61. The van der Waals surface area contributed by atoms with Gasteiger partial charge in [0.15, 0.2) is 0 Å². The van der Waals surface area contributed by atoms with Crippen molar-refractivity contribution >= 4 is 28.9 Å². The second-order valence-corrected chi connectivity index (χ2v) is 8.93. The van der Waals surface area contributed by atoms with E-state index in [9.17, 15) is 4.79 Å². The number of anilines is 1. The number of carbonyl (C=O) groups is 1. The molecule has 5 nitrogen and oxygen atoms in total. The maximum absolute atomic E-state index is 15.0. The second-order valence-electron chi connectivity index (χ2n) is 8.57.